The van der Waals surface area contributed by atoms with Crippen LogP contribution in [0.15, 0.2) is 24.3 Å². The monoisotopic (exact) mass is 257 g/mol. The van der Waals surface area contributed by atoms with Gasteiger partial charge in [-0.1, -0.05) is 32.9 Å². The summed E-state index contributed by atoms with van der Waals surface area (Å²) >= 11 is 0. The lowest BCUT2D eigenvalue weighted by molar-refractivity contribution is 0.119. The Morgan fingerprint density at radius 1 is 1.00 bits per heavy atom. The normalized spacial score (nSPS) is 11.9. The van der Waals surface area contributed by atoms with Crippen molar-refractivity contribution in [3.8, 4) is 5.75 Å². The lowest BCUT2D eigenvalue weighted by Gasteiger charge is -2.25. The standard InChI is InChI=1S/C14H23NO.ClH/c1-13(2,3)11-6-8-12(9-7-11)16-14(4,5)10-15;/h6-9H,10,15H2,1-5H3;1H. The van der Waals surface area contributed by atoms with Crippen LogP contribution in [0.3, 0.4) is 0 Å². The Morgan fingerprint density at radius 2 is 1.47 bits per heavy atom. The summed E-state index contributed by atoms with van der Waals surface area (Å²) in [4.78, 5) is 0. The summed E-state index contributed by atoms with van der Waals surface area (Å²) < 4.78 is 5.79. The van der Waals surface area contributed by atoms with E-state index in [2.05, 4.69) is 32.9 Å². The molecule has 0 heterocycles. The van der Waals surface area contributed by atoms with Gasteiger partial charge in [0.05, 0.1) is 0 Å². The molecule has 17 heavy (non-hydrogen) atoms. The molecular weight excluding hydrogens is 234 g/mol. The van der Waals surface area contributed by atoms with Crippen molar-refractivity contribution < 1.29 is 4.74 Å². The minimum Gasteiger partial charge on any atom is -0.487 e. The highest BCUT2D eigenvalue weighted by molar-refractivity contribution is 5.85. The molecule has 0 saturated carbocycles. The van der Waals surface area contributed by atoms with E-state index in [1.165, 1.54) is 5.56 Å². The molecule has 1 aromatic rings. The second-order valence-corrected chi connectivity index (χ2v) is 5.84. The van der Waals surface area contributed by atoms with Crippen LogP contribution in [-0.4, -0.2) is 12.1 Å². The maximum absolute atomic E-state index is 5.79. The Kier molecular flexibility index (Phi) is 5.50. The number of rotatable bonds is 3. The summed E-state index contributed by atoms with van der Waals surface area (Å²) in [6, 6.07) is 8.25. The molecule has 1 aromatic carbocycles. The smallest absolute Gasteiger partial charge is 0.120 e. The predicted octanol–water partition coefficient (Wildman–Crippen LogP) is 3.52. The molecule has 0 aliphatic heterocycles. The Labute approximate surface area is 111 Å². The Hall–Kier alpha value is -0.730. The van der Waals surface area contributed by atoms with Gasteiger partial charge in [0.1, 0.15) is 11.4 Å². The van der Waals surface area contributed by atoms with Gasteiger partial charge in [-0.25, -0.2) is 0 Å². The molecule has 0 aliphatic carbocycles. The first-order chi connectivity index (χ1) is 7.24. The summed E-state index contributed by atoms with van der Waals surface area (Å²) in [5.41, 5.74) is 6.82. The van der Waals surface area contributed by atoms with E-state index in [1.807, 2.05) is 26.0 Å². The first-order valence-electron chi connectivity index (χ1n) is 5.74. The molecule has 2 nitrogen and oxygen atoms in total. The fraction of sp³-hybridized carbons (Fsp3) is 0.571. The summed E-state index contributed by atoms with van der Waals surface area (Å²) in [7, 11) is 0. The van der Waals surface area contributed by atoms with Gasteiger partial charge in [0.25, 0.3) is 0 Å². The summed E-state index contributed by atoms with van der Waals surface area (Å²) in [6.07, 6.45) is 0. The van der Waals surface area contributed by atoms with Gasteiger partial charge in [-0.3, -0.25) is 0 Å². The third kappa shape index (κ3) is 4.97. The topological polar surface area (TPSA) is 35.2 Å². The van der Waals surface area contributed by atoms with E-state index in [0.29, 0.717) is 6.54 Å². The molecular formula is C14H24ClNO. The lowest BCUT2D eigenvalue weighted by Crippen LogP contribution is -2.37. The second kappa shape index (κ2) is 5.74. The molecule has 2 N–H and O–H groups in total. The number of benzene rings is 1. The Balaban J connectivity index is 0.00000256. The molecule has 0 spiro atoms. The minimum atomic E-state index is -0.302. The molecule has 0 amide bonds. The van der Waals surface area contributed by atoms with E-state index in [9.17, 15) is 0 Å². The van der Waals surface area contributed by atoms with Crippen molar-refractivity contribution in [3.63, 3.8) is 0 Å². The van der Waals surface area contributed by atoms with E-state index in [-0.39, 0.29) is 23.4 Å². The zero-order valence-corrected chi connectivity index (χ0v) is 12.2. The van der Waals surface area contributed by atoms with Gasteiger partial charge in [-0.2, -0.15) is 0 Å². The first kappa shape index (κ1) is 16.3. The van der Waals surface area contributed by atoms with Gasteiger partial charge < -0.3 is 10.5 Å². The largest absolute Gasteiger partial charge is 0.487 e. The van der Waals surface area contributed by atoms with E-state index in [4.69, 9.17) is 10.5 Å². The highest BCUT2D eigenvalue weighted by Gasteiger charge is 2.18. The number of hydrogen-bond acceptors (Lipinski definition) is 2. The third-order valence-corrected chi connectivity index (χ3v) is 2.61. The highest BCUT2D eigenvalue weighted by Crippen LogP contribution is 2.25. The van der Waals surface area contributed by atoms with Crippen LogP contribution in [0.4, 0.5) is 0 Å². The van der Waals surface area contributed by atoms with Crippen LogP contribution in [0.1, 0.15) is 40.2 Å². The number of ether oxygens (including phenoxy) is 1. The zero-order chi connectivity index (χ0) is 12.4. The number of halogens is 1. The molecule has 0 aromatic heterocycles. The zero-order valence-electron chi connectivity index (χ0n) is 11.4. The maximum atomic E-state index is 5.79. The SMILES string of the molecule is CC(C)(CN)Oc1ccc(C(C)(C)C)cc1.Cl. The highest BCUT2D eigenvalue weighted by atomic mass is 35.5. The predicted molar refractivity (Wildman–Crippen MR) is 76.2 cm³/mol. The van der Waals surface area contributed by atoms with Crippen LogP contribution < -0.4 is 10.5 Å². The van der Waals surface area contributed by atoms with Crippen molar-refractivity contribution in [1.82, 2.24) is 0 Å². The van der Waals surface area contributed by atoms with Crippen LogP contribution in [0.25, 0.3) is 0 Å². The van der Waals surface area contributed by atoms with Gasteiger partial charge in [-0.05, 0) is 37.0 Å². The molecule has 0 unspecified atom stereocenters. The fourth-order valence-corrected chi connectivity index (χ4v) is 1.38. The number of hydrogen-bond donors (Lipinski definition) is 1. The van der Waals surface area contributed by atoms with Crippen LogP contribution in [0, 0.1) is 0 Å². The van der Waals surface area contributed by atoms with Crippen LogP contribution in [0.2, 0.25) is 0 Å². The number of nitrogens with two attached hydrogens (primary N) is 1. The average Bonchev–Trinajstić information content (AvgIpc) is 2.16. The summed E-state index contributed by atoms with van der Waals surface area (Å²) in [5.74, 6) is 0.878. The maximum Gasteiger partial charge on any atom is 0.120 e. The molecule has 0 aliphatic rings. The lowest BCUT2D eigenvalue weighted by atomic mass is 9.87. The van der Waals surface area contributed by atoms with Crippen LogP contribution in [-0.2, 0) is 5.41 Å². The summed E-state index contributed by atoms with van der Waals surface area (Å²) in [5, 5.41) is 0. The van der Waals surface area contributed by atoms with E-state index < -0.39 is 0 Å². The third-order valence-electron chi connectivity index (χ3n) is 2.61. The van der Waals surface area contributed by atoms with Crippen molar-refractivity contribution in [2.75, 3.05) is 6.54 Å². The van der Waals surface area contributed by atoms with E-state index in [0.717, 1.165) is 5.75 Å². The molecule has 1 rings (SSSR count). The van der Waals surface area contributed by atoms with Gasteiger partial charge in [0, 0.05) is 6.54 Å². The van der Waals surface area contributed by atoms with Crippen molar-refractivity contribution in [3.05, 3.63) is 29.8 Å². The van der Waals surface area contributed by atoms with Crippen molar-refractivity contribution in [2.24, 2.45) is 5.73 Å². The van der Waals surface area contributed by atoms with Crippen molar-refractivity contribution in [1.29, 1.82) is 0 Å². The molecule has 0 atom stereocenters. The first-order valence-corrected chi connectivity index (χ1v) is 5.74. The molecule has 0 saturated heterocycles. The molecule has 0 bridgehead atoms. The van der Waals surface area contributed by atoms with Gasteiger partial charge in [0.15, 0.2) is 0 Å². The molecule has 3 heteroatoms. The summed E-state index contributed by atoms with van der Waals surface area (Å²) in [6.45, 7) is 11.1. The van der Waals surface area contributed by atoms with E-state index in [1.54, 1.807) is 0 Å². The molecule has 98 valence electrons. The van der Waals surface area contributed by atoms with Crippen LogP contribution in [0.5, 0.6) is 5.75 Å². The van der Waals surface area contributed by atoms with Gasteiger partial charge in [-0.15, -0.1) is 12.4 Å². The van der Waals surface area contributed by atoms with Crippen molar-refractivity contribution >= 4 is 12.4 Å². The molecule has 0 radical (unpaired) electrons. The van der Waals surface area contributed by atoms with E-state index >= 15 is 0 Å². The second-order valence-electron chi connectivity index (χ2n) is 5.84. The van der Waals surface area contributed by atoms with Gasteiger partial charge in [0.2, 0.25) is 0 Å². The molecule has 0 fully saturated rings. The van der Waals surface area contributed by atoms with Gasteiger partial charge >= 0.3 is 0 Å². The quantitative estimate of drug-likeness (QED) is 0.899. The Morgan fingerprint density at radius 3 is 1.82 bits per heavy atom. The average molecular weight is 258 g/mol. The fourth-order valence-electron chi connectivity index (χ4n) is 1.38. The van der Waals surface area contributed by atoms with Crippen LogP contribution >= 0.6 is 12.4 Å². The minimum absolute atomic E-state index is 0. The Bertz CT molecular complexity index is 338. The van der Waals surface area contributed by atoms with Crippen molar-refractivity contribution in [2.45, 2.75) is 45.6 Å².